The molecule has 2 aromatic rings. The Bertz CT molecular complexity index is 536. The predicted molar refractivity (Wildman–Crippen MR) is 73.7 cm³/mol. The zero-order valence-electron chi connectivity index (χ0n) is 10.6. The van der Waals surface area contributed by atoms with Gasteiger partial charge >= 0.3 is 0 Å². The molecule has 0 bridgehead atoms. The van der Waals surface area contributed by atoms with Crippen LogP contribution in [-0.2, 0) is 12.8 Å². The molecule has 19 heavy (non-hydrogen) atoms. The molecule has 100 valence electrons. The Morgan fingerprint density at radius 3 is 2.68 bits per heavy atom. The van der Waals surface area contributed by atoms with E-state index in [1.165, 1.54) is 12.1 Å². The summed E-state index contributed by atoms with van der Waals surface area (Å²) in [6.07, 6.45) is 2.24. The molecule has 0 saturated carbocycles. The Morgan fingerprint density at radius 1 is 1.32 bits per heavy atom. The van der Waals surface area contributed by atoms with Crippen molar-refractivity contribution in [2.75, 3.05) is 0 Å². The van der Waals surface area contributed by atoms with Crippen LogP contribution < -0.4 is 0 Å². The molecule has 0 fully saturated rings. The number of halogens is 2. The second-order valence-corrected chi connectivity index (χ2v) is 4.87. The first kappa shape index (κ1) is 14.0. The lowest BCUT2D eigenvalue weighted by molar-refractivity contribution is 0.177. The number of benzene rings is 1. The summed E-state index contributed by atoms with van der Waals surface area (Å²) >= 11 is 5.77. The van der Waals surface area contributed by atoms with Gasteiger partial charge in [-0.05, 0) is 41.8 Å². The average molecular weight is 280 g/mol. The minimum atomic E-state index is -0.812. The summed E-state index contributed by atoms with van der Waals surface area (Å²) in [5.74, 6) is -0.448. The van der Waals surface area contributed by atoms with E-state index in [0.717, 1.165) is 17.7 Å². The number of pyridine rings is 1. The Hall–Kier alpha value is -1.45. The van der Waals surface area contributed by atoms with Crippen molar-refractivity contribution in [2.45, 2.75) is 25.9 Å². The lowest BCUT2D eigenvalue weighted by atomic mass is 10.0. The summed E-state index contributed by atoms with van der Waals surface area (Å²) in [7, 11) is 0. The van der Waals surface area contributed by atoms with Gasteiger partial charge < -0.3 is 5.11 Å². The summed E-state index contributed by atoms with van der Waals surface area (Å²) in [6.45, 7) is 2.06. The highest BCUT2D eigenvalue weighted by Gasteiger charge is 2.11. The van der Waals surface area contributed by atoms with Gasteiger partial charge in [-0.25, -0.2) is 4.39 Å². The molecule has 1 unspecified atom stereocenters. The molecule has 1 heterocycles. The highest BCUT2D eigenvalue weighted by Crippen LogP contribution is 2.22. The van der Waals surface area contributed by atoms with E-state index < -0.39 is 11.9 Å². The van der Waals surface area contributed by atoms with Gasteiger partial charge in [-0.2, -0.15) is 0 Å². The number of nitrogens with zero attached hydrogens (tertiary/aromatic N) is 1. The predicted octanol–water partition coefficient (Wildman–Crippen LogP) is 3.71. The number of hydrogen-bond acceptors (Lipinski definition) is 2. The Labute approximate surface area is 116 Å². The number of aliphatic hydroxyl groups excluding tert-OH is 1. The van der Waals surface area contributed by atoms with E-state index in [-0.39, 0.29) is 5.02 Å². The first-order valence-electron chi connectivity index (χ1n) is 6.16. The molecule has 0 spiro atoms. The molecule has 2 nitrogen and oxygen atoms in total. The number of aromatic nitrogens is 1. The maximum absolute atomic E-state index is 13.2. The van der Waals surface area contributed by atoms with Crippen LogP contribution in [0.4, 0.5) is 4.39 Å². The molecular formula is C15H15ClFNO. The number of hydrogen-bond donors (Lipinski definition) is 1. The van der Waals surface area contributed by atoms with Crippen LogP contribution in [0, 0.1) is 5.82 Å². The molecule has 0 aliphatic rings. The van der Waals surface area contributed by atoms with Crippen molar-refractivity contribution in [1.82, 2.24) is 4.98 Å². The lowest BCUT2D eigenvalue weighted by Crippen LogP contribution is -2.04. The van der Waals surface area contributed by atoms with Crippen molar-refractivity contribution in [3.8, 4) is 0 Å². The fraction of sp³-hybridized carbons (Fsp3) is 0.267. The Balaban J connectivity index is 2.13. The molecule has 0 saturated heterocycles. The number of rotatable bonds is 4. The van der Waals surface area contributed by atoms with Gasteiger partial charge in [0.1, 0.15) is 5.82 Å². The average Bonchev–Trinajstić information content (AvgIpc) is 2.38. The molecule has 0 radical (unpaired) electrons. The van der Waals surface area contributed by atoms with E-state index in [1.807, 2.05) is 12.1 Å². The molecule has 0 aliphatic carbocycles. The maximum atomic E-state index is 13.2. The number of aryl methyl sites for hydroxylation is 1. The lowest BCUT2D eigenvalue weighted by Gasteiger charge is -2.11. The van der Waals surface area contributed by atoms with E-state index in [0.29, 0.717) is 12.0 Å². The van der Waals surface area contributed by atoms with Crippen LogP contribution in [0.25, 0.3) is 0 Å². The van der Waals surface area contributed by atoms with E-state index in [4.69, 9.17) is 11.6 Å². The normalized spacial score (nSPS) is 12.4. The highest BCUT2D eigenvalue weighted by atomic mass is 35.5. The molecule has 1 aromatic heterocycles. The van der Waals surface area contributed by atoms with E-state index >= 15 is 0 Å². The van der Waals surface area contributed by atoms with Gasteiger partial charge in [-0.15, -0.1) is 0 Å². The van der Waals surface area contributed by atoms with Crippen LogP contribution in [0.3, 0.4) is 0 Å². The van der Waals surface area contributed by atoms with Gasteiger partial charge in [0.15, 0.2) is 0 Å². The molecule has 1 N–H and O–H groups in total. The van der Waals surface area contributed by atoms with Gasteiger partial charge in [0, 0.05) is 23.3 Å². The van der Waals surface area contributed by atoms with Gasteiger partial charge in [-0.1, -0.05) is 24.6 Å². The molecule has 1 atom stereocenters. The number of aliphatic hydroxyl groups is 1. The summed E-state index contributed by atoms with van der Waals surface area (Å²) < 4.78 is 13.2. The van der Waals surface area contributed by atoms with Crippen LogP contribution in [0.15, 0.2) is 36.5 Å². The standard InChI is InChI=1S/C15H15ClFNO/c1-2-10-3-4-14(18-9-10)8-15(19)11-5-12(16)7-13(17)6-11/h3-7,9,15,19H,2,8H2,1H3. The largest absolute Gasteiger partial charge is 0.388 e. The minimum Gasteiger partial charge on any atom is -0.388 e. The van der Waals surface area contributed by atoms with Gasteiger partial charge in [0.25, 0.3) is 0 Å². The van der Waals surface area contributed by atoms with Crippen molar-refractivity contribution in [1.29, 1.82) is 0 Å². The minimum absolute atomic E-state index is 0.281. The van der Waals surface area contributed by atoms with Crippen LogP contribution in [0.1, 0.15) is 29.8 Å². The third-order valence-corrected chi connectivity index (χ3v) is 3.18. The summed E-state index contributed by atoms with van der Waals surface area (Å²) in [5.41, 5.74) is 2.38. The molecule has 1 aromatic carbocycles. The monoisotopic (exact) mass is 279 g/mol. The SMILES string of the molecule is CCc1ccc(CC(O)c2cc(F)cc(Cl)c2)nc1. The fourth-order valence-electron chi connectivity index (χ4n) is 1.87. The summed E-state index contributed by atoms with van der Waals surface area (Å²) in [4.78, 5) is 4.27. The second kappa shape index (κ2) is 6.13. The van der Waals surface area contributed by atoms with Crippen molar-refractivity contribution < 1.29 is 9.50 Å². The summed E-state index contributed by atoms with van der Waals surface area (Å²) in [5, 5.41) is 10.4. The topological polar surface area (TPSA) is 33.1 Å². The van der Waals surface area contributed by atoms with Crippen molar-refractivity contribution >= 4 is 11.6 Å². The molecular weight excluding hydrogens is 265 g/mol. The second-order valence-electron chi connectivity index (χ2n) is 4.43. The smallest absolute Gasteiger partial charge is 0.125 e. The van der Waals surface area contributed by atoms with Gasteiger partial charge in [0.2, 0.25) is 0 Å². The van der Waals surface area contributed by atoms with E-state index in [9.17, 15) is 9.50 Å². The molecule has 0 aliphatic heterocycles. The molecule has 0 amide bonds. The van der Waals surface area contributed by atoms with Crippen LogP contribution >= 0.6 is 11.6 Å². The Kier molecular flexibility index (Phi) is 4.51. The molecule has 2 rings (SSSR count). The van der Waals surface area contributed by atoms with E-state index in [2.05, 4.69) is 11.9 Å². The van der Waals surface area contributed by atoms with Gasteiger partial charge in [0.05, 0.1) is 6.10 Å². The van der Waals surface area contributed by atoms with Crippen molar-refractivity contribution in [3.63, 3.8) is 0 Å². The van der Waals surface area contributed by atoms with Crippen LogP contribution in [0.2, 0.25) is 5.02 Å². The third-order valence-electron chi connectivity index (χ3n) is 2.97. The van der Waals surface area contributed by atoms with Crippen molar-refractivity contribution in [2.24, 2.45) is 0 Å². The fourth-order valence-corrected chi connectivity index (χ4v) is 2.10. The molecule has 4 heteroatoms. The third kappa shape index (κ3) is 3.75. The van der Waals surface area contributed by atoms with Crippen molar-refractivity contribution in [3.05, 3.63) is 64.2 Å². The first-order chi connectivity index (χ1) is 9.08. The highest BCUT2D eigenvalue weighted by molar-refractivity contribution is 6.30. The Morgan fingerprint density at radius 2 is 2.11 bits per heavy atom. The summed E-state index contributed by atoms with van der Waals surface area (Å²) in [6, 6.07) is 7.93. The zero-order valence-corrected chi connectivity index (χ0v) is 11.4. The van der Waals surface area contributed by atoms with E-state index in [1.54, 1.807) is 12.3 Å². The quantitative estimate of drug-likeness (QED) is 0.925. The van der Waals surface area contributed by atoms with Gasteiger partial charge in [-0.3, -0.25) is 4.98 Å². The first-order valence-corrected chi connectivity index (χ1v) is 6.54. The maximum Gasteiger partial charge on any atom is 0.125 e. The van der Waals surface area contributed by atoms with Crippen LogP contribution in [0.5, 0.6) is 0 Å². The zero-order chi connectivity index (χ0) is 13.8. The van der Waals surface area contributed by atoms with Crippen LogP contribution in [-0.4, -0.2) is 10.1 Å².